The minimum Gasteiger partial charge on any atom is -0.481 e. The summed E-state index contributed by atoms with van der Waals surface area (Å²) in [6.07, 6.45) is -0.00301. The summed E-state index contributed by atoms with van der Waals surface area (Å²) in [6.45, 7) is -0.639. The molecule has 0 bridgehead atoms. The molecule has 1 atom stereocenters. The predicted molar refractivity (Wildman–Crippen MR) is 52.4 cm³/mol. The van der Waals surface area contributed by atoms with E-state index in [9.17, 15) is 9.18 Å². The van der Waals surface area contributed by atoms with Gasteiger partial charge in [-0.1, -0.05) is 23.7 Å². The quantitative estimate of drug-likeness (QED) is 0.840. The first-order valence-corrected chi connectivity index (χ1v) is 4.57. The van der Waals surface area contributed by atoms with Crippen molar-refractivity contribution in [3.63, 3.8) is 0 Å². The summed E-state index contributed by atoms with van der Waals surface area (Å²) in [6, 6.07) is 6.42. The highest BCUT2D eigenvalue weighted by molar-refractivity contribution is 6.30. The van der Waals surface area contributed by atoms with E-state index >= 15 is 0 Å². The second-order valence-corrected chi connectivity index (χ2v) is 3.36. The fourth-order valence-corrected chi connectivity index (χ4v) is 1.36. The zero-order valence-electron chi connectivity index (χ0n) is 7.41. The van der Waals surface area contributed by atoms with Crippen LogP contribution in [0.15, 0.2) is 24.3 Å². The molecule has 0 fully saturated rings. The molecule has 2 nitrogen and oxygen atoms in total. The molecule has 0 aliphatic heterocycles. The third-order valence-electron chi connectivity index (χ3n) is 1.97. The van der Waals surface area contributed by atoms with E-state index in [1.807, 2.05) is 0 Å². The van der Waals surface area contributed by atoms with Crippen molar-refractivity contribution in [2.24, 2.45) is 0 Å². The van der Waals surface area contributed by atoms with Gasteiger partial charge in [-0.25, -0.2) is 0 Å². The van der Waals surface area contributed by atoms with Crippen molar-refractivity contribution >= 4 is 17.6 Å². The van der Waals surface area contributed by atoms with Crippen molar-refractivity contribution in [3.8, 4) is 0 Å². The Morgan fingerprint density at radius 1 is 1.43 bits per heavy atom. The number of carbonyl (C=O) groups is 1. The number of benzene rings is 1. The summed E-state index contributed by atoms with van der Waals surface area (Å²) in [5, 5.41) is 9.37. The highest BCUT2D eigenvalue weighted by atomic mass is 35.5. The molecular formula is C10H10ClFO2. The van der Waals surface area contributed by atoms with Crippen molar-refractivity contribution < 1.29 is 14.3 Å². The number of carboxylic acids is 1. The van der Waals surface area contributed by atoms with Crippen LogP contribution in [0.5, 0.6) is 0 Å². The Hall–Kier alpha value is -1.09. The van der Waals surface area contributed by atoms with Crippen LogP contribution in [0.2, 0.25) is 5.02 Å². The van der Waals surface area contributed by atoms with Crippen molar-refractivity contribution in [2.45, 2.75) is 12.3 Å². The predicted octanol–water partition coefficient (Wildman–Crippen LogP) is 2.87. The summed E-state index contributed by atoms with van der Waals surface area (Å²) in [5.74, 6) is -1.79. The number of halogens is 2. The molecular weight excluding hydrogens is 207 g/mol. The molecule has 14 heavy (non-hydrogen) atoms. The Morgan fingerprint density at radius 3 is 2.43 bits per heavy atom. The molecule has 0 heterocycles. The lowest BCUT2D eigenvalue weighted by molar-refractivity contribution is -0.139. The van der Waals surface area contributed by atoms with Gasteiger partial charge in [-0.05, 0) is 24.1 Å². The third-order valence-corrected chi connectivity index (χ3v) is 2.22. The van der Waals surface area contributed by atoms with Gasteiger partial charge in [-0.3, -0.25) is 9.18 Å². The maximum atomic E-state index is 12.1. The SMILES string of the molecule is O=C(O)C(CCF)c1ccc(Cl)cc1. The highest BCUT2D eigenvalue weighted by Gasteiger charge is 2.18. The molecule has 0 aliphatic carbocycles. The topological polar surface area (TPSA) is 37.3 Å². The van der Waals surface area contributed by atoms with E-state index in [0.29, 0.717) is 10.6 Å². The maximum Gasteiger partial charge on any atom is 0.311 e. The zero-order valence-corrected chi connectivity index (χ0v) is 8.17. The fourth-order valence-electron chi connectivity index (χ4n) is 1.24. The van der Waals surface area contributed by atoms with Gasteiger partial charge in [0.15, 0.2) is 0 Å². The number of rotatable bonds is 4. The number of hydrogen-bond donors (Lipinski definition) is 1. The molecule has 0 aromatic heterocycles. The van der Waals surface area contributed by atoms with E-state index < -0.39 is 18.6 Å². The molecule has 0 saturated carbocycles. The molecule has 1 rings (SSSR count). The van der Waals surface area contributed by atoms with Crippen LogP contribution in [0.3, 0.4) is 0 Å². The van der Waals surface area contributed by atoms with Crippen molar-refractivity contribution in [1.29, 1.82) is 0 Å². The van der Waals surface area contributed by atoms with Crippen LogP contribution in [0.25, 0.3) is 0 Å². The van der Waals surface area contributed by atoms with Crippen LogP contribution >= 0.6 is 11.6 Å². The second-order valence-electron chi connectivity index (χ2n) is 2.92. The summed E-state index contributed by atoms with van der Waals surface area (Å²) in [5.41, 5.74) is 0.583. The third kappa shape index (κ3) is 2.70. The highest BCUT2D eigenvalue weighted by Crippen LogP contribution is 2.21. The summed E-state index contributed by atoms with van der Waals surface area (Å²) >= 11 is 5.65. The van der Waals surface area contributed by atoms with Gasteiger partial charge < -0.3 is 5.11 Å². The lowest BCUT2D eigenvalue weighted by atomic mass is 9.97. The minimum absolute atomic E-state index is 0.00301. The van der Waals surface area contributed by atoms with Crippen LogP contribution in [-0.4, -0.2) is 17.8 Å². The Balaban J connectivity index is 2.87. The molecule has 1 aromatic carbocycles. The van der Waals surface area contributed by atoms with E-state index in [1.165, 1.54) is 0 Å². The first-order valence-electron chi connectivity index (χ1n) is 4.19. The van der Waals surface area contributed by atoms with E-state index in [0.717, 1.165) is 0 Å². The molecule has 1 unspecified atom stereocenters. The Morgan fingerprint density at radius 2 is 2.00 bits per heavy atom. The van der Waals surface area contributed by atoms with Crippen LogP contribution < -0.4 is 0 Å². The Labute approximate surface area is 86.3 Å². The second kappa shape index (κ2) is 4.96. The van der Waals surface area contributed by atoms with Gasteiger partial charge in [0, 0.05) is 5.02 Å². The summed E-state index contributed by atoms with van der Waals surface area (Å²) < 4.78 is 12.1. The van der Waals surface area contributed by atoms with Gasteiger partial charge >= 0.3 is 5.97 Å². The molecule has 1 aromatic rings. The van der Waals surface area contributed by atoms with Gasteiger partial charge in [0.1, 0.15) is 0 Å². The summed E-state index contributed by atoms with van der Waals surface area (Å²) in [4.78, 5) is 10.8. The van der Waals surface area contributed by atoms with Gasteiger partial charge in [-0.2, -0.15) is 0 Å². The van der Waals surface area contributed by atoms with Gasteiger partial charge in [0.2, 0.25) is 0 Å². The first-order chi connectivity index (χ1) is 6.65. The molecule has 1 N–H and O–H groups in total. The molecule has 76 valence electrons. The largest absolute Gasteiger partial charge is 0.481 e. The molecule has 0 radical (unpaired) electrons. The molecule has 0 aliphatic rings. The fraction of sp³-hybridized carbons (Fsp3) is 0.300. The van der Waals surface area contributed by atoms with Crippen molar-refractivity contribution in [1.82, 2.24) is 0 Å². The molecule has 0 saturated heterocycles. The first kappa shape index (κ1) is 11.0. The zero-order chi connectivity index (χ0) is 10.6. The standard InChI is InChI=1S/C10H10ClFO2/c11-8-3-1-7(2-4-8)9(5-6-12)10(13)14/h1-4,9H,5-6H2,(H,13,14). The lowest BCUT2D eigenvalue weighted by Gasteiger charge is -2.10. The average molecular weight is 217 g/mol. The lowest BCUT2D eigenvalue weighted by Crippen LogP contribution is -2.12. The van der Waals surface area contributed by atoms with Crippen LogP contribution in [0.4, 0.5) is 4.39 Å². The Bertz CT molecular complexity index is 310. The number of carboxylic acid groups (broad SMARTS) is 1. The molecule has 4 heteroatoms. The average Bonchev–Trinajstić information content (AvgIpc) is 2.15. The van der Waals surface area contributed by atoms with Crippen molar-refractivity contribution in [3.05, 3.63) is 34.9 Å². The van der Waals surface area contributed by atoms with Crippen LogP contribution in [0.1, 0.15) is 17.9 Å². The van der Waals surface area contributed by atoms with E-state index in [-0.39, 0.29) is 6.42 Å². The smallest absolute Gasteiger partial charge is 0.311 e. The Kier molecular flexibility index (Phi) is 3.89. The number of alkyl halides is 1. The van der Waals surface area contributed by atoms with Gasteiger partial charge in [0.05, 0.1) is 12.6 Å². The van der Waals surface area contributed by atoms with E-state index in [4.69, 9.17) is 16.7 Å². The van der Waals surface area contributed by atoms with Gasteiger partial charge in [0.25, 0.3) is 0 Å². The van der Waals surface area contributed by atoms with Crippen LogP contribution in [0, 0.1) is 0 Å². The number of hydrogen-bond acceptors (Lipinski definition) is 1. The monoisotopic (exact) mass is 216 g/mol. The van der Waals surface area contributed by atoms with Gasteiger partial charge in [-0.15, -0.1) is 0 Å². The van der Waals surface area contributed by atoms with E-state index in [1.54, 1.807) is 24.3 Å². The molecule has 0 spiro atoms. The maximum absolute atomic E-state index is 12.1. The summed E-state index contributed by atoms with van der Waals surface area (Å²) in [7, 11) is 0. The van der Waals surface area contributed by atoms with Crippen molar-refractivity contribution in [2.75, 3.05) is 6.67 Å². The normalized spacial score (nSPS) is 12.4. The van der Waals surface area contributed by atoms with Crippen LogP contribution in [-0.2, 0) is 4.79 Å². The van der Waals surface area contributed by atoms with E-state index in [2.05, 4.69) is 0 Å². The number of aliphatic carboxylic acids is 1. The molecule has 0 amide bonds. The minimum atomic E-state index is -1.01.